The van der Waals surface area contributed by atoms with E-state index in [2.05, 4.69) is 10.3 Å². The highest BCUT2D eigenvalue weighted by atomic mass is 32.2. The molecule has 1 rings (SSSR count). The predicted octanol–water partition coefficient (Wildman–Crippen LogP) is 1.95. The number of pyridine rings is 1. The van der Waals surface area contributed by atoms with Crippen LogP contribution in [0.3, 0.4) is 0 Å². The molecule has 0 aliphatic heterocycles. The number of sulfone groups is 1. The van der Waals surface area contributed by atoms with Crippen molar-refractivity contribution in [1.82, 2.24) is 10.3 Å². The van der Waals surface area contributed by atoms with Gasteiger partial charge >= 0.3 is 0 Å². The summed E-state index contributed by atoms with van der Waals surface area (Å²) in [7, 11) is -3.05. The molecular formula is C13H22N2O2S. The summed E-state index contributed by atoms with van der Waals surface area (Å²) in [5.74, 6) is 0.159. The zero-order valence-corrected chi connectivity index (χ0v) is 12.3. The molecule has 0 spiro atoms. The van der Waals surface area contributed by atoms with Gasteiger partial charge in [0.1, 0.15) is 0 Å². The molecule has 0 amide bonds. The molecule has 0 saturated heterocycles. The lowest BCUT2D eigenvalue weighted by atomic mass is 10.1. The second-order valence-electron chi connectivity index (χ2n) is 5.39. The van der Waals surface area contributed by atoms with Crippen molar-refractivity contribution in [3.05, 3.63) is 30.1 Å². The molecule has 1 heterocycles. The molecule has 0 saturated carbocycles. The normalized spacial score (nSPS) is 14.4. The van der Waals surface area contributed by atoms with Crippen molar-refractivity contribution < 1.29 is 8.42 Å². The van der Waals surface area contributed by atoms with Crippen molar-refractivity contribution in [2.24, 2.45) is 0 Å². The van der Waals surface area contributed by atoms with E-state index in [1.54, 1.807) is 33.2 Å². The molecule has 0 bridgehead atoms. The van der Waals surface area contributed by atoms with Crippen LogP contribution in [0.2, 0.25) is 0 Å². The van der Waals surface area contributed by atoms with Crippen molar-refractivity contribution in [3.8, 4) is 0 Å². The predicted molar refractivity (Wildman–Crippen MR) is 74.2 cm³/mol. The van der Waals surface area contributed by atoms with Crippen molar-refractivity contribution >= 4 is 9.84 Å². The van der Waals surface area contributed by atoms with Gasteiger partial charge in [-0.2, -0.15) is 0 Å². The van der Waals surface area contributed by atoms with Gasteiger partial charge in [0.15, 0.2) is 9.84 Å². The number of aromatic nitrogens is 1. The Hall–Kier alpha value is -0.940. The summed E-state index contributed by atoms with van der Waals surface area (Å²) in [6.45, 7) is 7.67. The first kappa shape index (κ1) is 15.1. The van der Waals surface area contributed by atoms with E-state index in [0.717, 1.165) is 5.56 Å². The average Bonchev–Trinajstić information content (AvgIpc) is 2.28. The van der Waals surface area contributed by atoms with Gasteiger partial charge in [-0.3, -0.25) is 4.98 Å². The Kier molecular flexibility index (Phi) is 4.87. The summed E-state index contributed by atoms with van der Waals surface area (Å²) in [5, 5.41) is 3.22. The Morgan fingerprint density at radius 3 is 2.33 bits per heavy atom. The van der Waals surface area contributed by atoms with E-state index in [-0.39, 0.29) is 11.8 Å². The van der Waals surface area contributed by atoms with Crippen LogP contribution < -0.4 is 5.32 Å². The van der Waals surface area contributed by atoms with Crippen LogP contribution in [0.1, 0.15) is 39.3 Å². The third-order valence-electron chi connectivity index (χ3n) is 2.96. The molecule has 5 heteroatoms. The van der Waals surface area contributed by atoms with Crippen LogP contribution in [-0.4, -0.2) is 30.4 Å². The maximum atomic E-state index is 11.9. The minimum absolute atomic E-state index is 0.128. The highest BCUT2D eigenvalue weighted by molar-refractivity contribution is 7.92. The summed E-state index contributed by atoms with van der Waals surface area (Å²) in [6, 6.07) is 3.98. The van der Waals surface area contributed by atoms with Crippen LogP contribution in [0.25, 0.3) is 0 Å². The molecule has 18 heavy (non-hydrogen) atoms. The van der Waals surface area contributed by atoms with Crippen molar-refractivity contribution in [1.29, 1.82) is 0 Å². The average molecular weight is 270 g/mol. The Labute approximate surface area is 110 Å². The van der Waals surface area contributed by atoms with Gasteiger partial charge in [-0.1, -0.05) is 0 Å². The summed E-state index contributed by atoms with van der Waals surface area (Å²) in [5.41, 5.74) is 1.11. The van der Waals surface area contributed by atoms with Gasteiger partial charge in [-0.15, -0.1) is 0 Å². The van der Waals surface area contributed by atoms with Crippen LogP contribution in [0, 0.1) is 0 Å². The summed E-state index contributed by atoms with van der Waals surface area (Å²) < 4.78 is 23.2. The molecule has 1 atom stereocenters. The van der Waals surface area contributed by atoms with Crippen molar-refractivity contribution in [2.45, 2.75) is 38.5 Å². The van der Waals surface area contributed by atoms with Crippen LogP contribution in [0.4, 0.5) is 0 Å². The highest BCUT2D eigenvalue weighted by Gasteiger charge is 2.28. The zero-order chi connectivity index (χ0) is 13.8. The summed E-state index contributed by atoms with van der Waals surface area (Å²) in [4.78, 5) is 3.96. The fourth-order valence-corrected chi connectivity index (χ4v) is 2.48. The van der Waals surface area contributed by atoms with Gasteiger partial charge in [0.05, 0.1) is 10.5 Å². The highest BCUT2D eigenvalue weighted by Crippen LogP contribution is 2.16. The third-order valence-corrected chi connectivity index (χ3v) is 5.57. The van der Waals surface area contributed by atoms with Gasteiger partial charge in [0, 0.05) is 25.0 Å². The number of nitrogens with zero attached hydrogens (tertiary/aromatic N) is 1. The summed E-state index contributed by atoms with van der Waals surface area (Å²) in [6.07, 6.45) is 3.47. The second-order valence-corrected chi connectivity index (χ2v) is 8.25. The number of rotatable bonds is 5. The van der Waals surface area contributed by atoms with E-state index >= 15 is 0 Å². The Bertz CT molecular complexity index is 464. The first-order valence-electron chi connectivity index (χ1n) is 6.09. The van der Waals surface area contributed by atoms with Crippen molar-refractivity contribution in [3.63, 3.8) is 0 Å². The van der Waals surface area contributed by atoms with E-state index in [1.807, 2.05) is 19.1 Å². The monoisotopic (exact) mass is 270 g/mol. The molecule has 0 radical (unpaired) electrons. The molecule has 1 aromatic rings. The molecule has 0 fully saturated rings. The molecule has 102 valence electrons. The minimum atomic E-state index is -3.05. The molecule has 4 nitrogen and oxygen atoms in total. The van der Waals surface area contributed by atoms with Gasteiger partial charge in [0.25, 0.3) is 0 Å². The Morgan fingerprint density at radius 2 is 1.83 bits per heavy atom. The quantitative estimate of drug-likeness (QED) is 0.888. The van der Waals surface area contributed by atoms with Crippen LogP contribution in [0.5, 0.6) is 0 Å². The molecule has 0 aliphatic rings. The Balaban J connectivity index is 2.49. The minimum Gasteiger partial charge on any atom is -0.309 e. The van der Waals surface area contributed by atoms with E-state index < -0.39 is 14.6 Å². The third kappa shape index (κ3) is 4.07. The smallest absolute Gasteiger partial charge is 0.156 e. The Morgan fingerprint density at radius 1 is 1.28 bits per heavy atom. The van der Waals surface area contributed by atoms with E-state index in [0.29, 0.717) is 6.54 Å². The number of hydrogen-bond donors (Lipinski definition) is 1. The number of nitrogens with one attached hydrogen (secondary N) is 1. The zero-order valence-electron chi connectivity index (χ0n) is 11.5. The molecule has 1 N–H and O–H groups in total. The summed E-state index contributed by atoms with van der Waals surface area (Å²) >= 11 is 0. The molecule has 0 aromatic carbocycles. The lowest BCUT2D eigenvalue weighted by molar-refractivity contribution is 0.546. The lowest BCUT2D eigenvalue weighted by Gasteiger charge is -2.20. The van der Waals surface area contributed by atoms with Crippen LogP contribution in [-0.2, 0) is 9.84 Å². The maximum absolute atomic E-state index is 11.9. The fraction of sp³-hybridized carbons (Fsp3) is 0.615. The van der Waals surface area contributed by atoms with Gasteiger partial charge in [0.2, 0.25) is 0 Å². The van der Waals surface area contributed by atoms with E-state index in [9.17, 15) is 8.42 Å². The van der Waals surface area contributed by atoms with Gasteiger partial charge in [-0.05, 0) is 45.4 Å². The second kappa shape index (κ2) is 5.80. The van der Waals surface area contributed by atoms with Crippen LogP contribution in [0.15, 0.2) is 24.5 Å². The number of hydrogen-bond acceptors (Lipinski definition) is 4. The molecular weight excluding hydrogens is 248 g/mol. The first-order chi connectivity index (χ1) is 8.24. The SMILES string of the molecule is C[C@@H](NCCS(=O)(=O)C(C)(C)C)c1ccncc1. The van der Waals surface area contributed by atoms with Crippen molar-refractivity contribution in [2.75, 3.05) is 12.3 Å². The fourth-order valence-electron chi connectivity index (χ4n) is 1.49. The van der Waals surface area contributed by atoms with Crippen LogP contribution >= 0.6 is 0 Å². The largest absolute Gasteiger partial charge is 0.309 e. The van der Waals surface area contributed by atoms with Gasteiger partial charge in [-0.25, -0.2) is 8.42 Å². The first-order valence-corrected chi connectivity index (χ1v) is 7.75. The standard InChI is InChI=1S/C13H22N2O2S/c1-11(12-5-7-14-8-6-12)15-9-10-18(16,17)13(2,3)4/h5-8,11,15H,9-10H2,1-4H3/t11-/m1/s1. The molecule has 1 aromatic heterocycles. The molecule has 0 aliphatic carbocycles. The molecule has 0 unspecified atom stereocenters. The van der Waals surface area contributed by atoms with Gasteiger partial charge < -0.3 is 5.32 Å². The van der Waals surface area contributed by atoms with E-state index in [1.165, 1.54) is 0 Å². The topological polar surface area (TPSA) is 59.1 Å². The lowest BCUT2D eigenvalue weighted by Crippen LogP contribution is -2.35. The maximum Gasteiger partial charge on any atom is 0.156 e. The van der Waals surface area contributed by atoms with E-state index in [4.69, 9.17) is 0 Å².